The molecule has 1 N–H and O–H groups in total. The minimum atomic E-state index is -1.19. The van der Waals surface area contributed by atoms with Crippen LogP contribution in [0.2, 0.25) is 0 Å². The Hall–Kier alpha value is -2.04. The maximum absolute atomic E-state index is 11.6. The molecule has 0 saturated heterocycles. The van der Waals surface area contributed by atoms with E-state index in [2.05, 4.69) is 26.1 Å². The van der Waals surface area contributed by atoms with Crippen LogP contribution < -0.4 is 15.2 Å². The minimum Gasteiger partial charge on any atom is -0.550 e. The van der Waals surface area contributed by atoms with E-state index in [9.17, 15) is 14.7 Å². The lowest BCUT2D eigenvalue weighted by molar-refractivity contribution is -0.305. The highest BCUT2D eigenvalue weighted by atomic mass is 16.5. The smallest absolute Gasteiger partial charge is 0.257 e. The van der Waals surface area contributed by atoms with Gasteiger partial charge in [0.25, 0.3) is 5.91 Å². The summed E-state index contributed by atoms with van der Waals surface area (Å²) in [5.74, 6) is -0.871. The summed E-state index contributed by atoms with van der Waals surface area (Å²) in [7, 11) is 0. The Balaban J connectivity index is 2.63. The van der Waals surface area contributed by atoms with Gasteiger partial charge in [0, 0.05) is 18.9 Å². The first-order valence-corrected chi connectivity index (χ1v) is 6.90. The second-order valence-corrected chi connectivity index (χ2v) is 6.01. The SMILES string of the molecule is Cc1ccc(OCC(=O)NCCC(=O)[O-])c(C(C)(C)C)c1. The molecule has 0 heterocycles. The fourth-order valence-electron chi connectivity index (χ4n) is 1.85. The number of aryl methyl sites for hydroxylation is 1. The van der Waals surface area contributed by atoms with Crippen LogP contribution in [0.5, 0.6) is 5.75 Å². The molecular weight excluding hydrogens is 270 g/mol. The second-order valence-electron chi connectivity index (χ2n) is 6.01. The first-order valence-electron chi connectivity index (χ1n) is 6.90. The number of hydrogen-bond acceptors (Lipinski definition) is 4. The van der Waals surface area contributed by atoms with Gasteiger partial charge in [-0.25, -0.2) is 0 Å². The van der Waals surface area contributed by atoms with Crippen LogP contribution >= 0.6 is 0 Å². The number of nitrogens with one attached hydrogen (secondary N) is 1. The van der Waals surface area contributed by atoms with Crippen molar-refractivity contribution in [2.45, 2.75) is 39.5 Å². The summed E-state index contributed by atoms with van der Waals surface area (Å²) in [5, 5.41) is 12.7. The molecule has 1 amide bonds. The van der Waals surface area contributed by atoms with Crippen LogP contribution in [0.15, 0.2) is 18.2 Å². The Bertz CT molecular complexity index is 517. The average molecular weight is 292 g/mol. The van der Waals surface area contributed by atoms with Crippen molar-refractivity contribution in [1.29, 1.82) is 0 Å². The molecule has 0 spiro atoms. The summed E-state index contributed by atoms with van der Waals surface area (Å²) in [6.45, 7) is 8.15. The summed E-state index contributed by atoms with van der Waals surface area (Å²) < 4.78 is 5.56. The molecule has 5 heteroatoms. The lowest BCUT2D eigenvalue weighted by Gasteiger charge is -2.23. The molecule has 0 saturated carbocycles. The van der Waals surface area contributed by atoms with Gasteiger partial charge in [0.15, 0.2) is 6.61 Å². The van der Waals surface area contributed by atoms with E-state index in [1.165, 1.54) is 0 Å². The largest absolute Gasteiger partial charge is 0.550 e. The van der Waals surface area contributed by atoms with E-state index < -0.39 is 5.97 Å². The molecule has 1 aromatic carbocycles. The van der Waals surface area contributed by atoms with Gasteiger partial charge in [0.1, 0.15) is 5.75 Å². The molecule has 0 aliphatic carbocycles. The van der Waals surface area contributed by atoms with Gasteiger partial charge in [-0.05, 0) is 24.0 Å². The third kappa shape index (κ3) is 5.85. The van der Waals surface area contributed by atoms with E-state index in [-0.39, 0.29) is 30.9 Å². The molecule has 0 aliphatic heterocycles. The van der Waals surface area contributed by atoms with E-state index in [1.807, 2.05) is 25.1 Å². The summed E-state index contributed by atoms with van der Waals surface area (Å²) in [6, 6.07) is 5.83. The van der Waals surface area contributed by atoms with Gasteiger partial charge in [-0.15, -0.1) is 0 Å². The standard InChI is InChI=1S/C16H23NO4/c1-11-5-6-13(12(9-11)16(2,3)4)21-10-14(18)17-8-7-15(19)20/h5-6,9H,7-8,10H2,1-4H3,(H,17,18)(H,19,20)/p-1. The van der Waals surface area contributed by atoms with Crippen LogP contribution in [-0.2, 0) is 15.0 Å². The molecule has 0 atom stereocenters. The van der Waals surface area contributed by atoms with Crippen molar-refractivity contribution in [3.8, 4) is 5.75 Å². The summed E-state index contributed by atoms with van der Waals surface area (Å²) >= 11 is 0. The number of hydrogen-bond donors (Lipinski definition) is 1. The molecule has 5 nitrogen and oxygen atoms in total. The monoisotopic (exact) mass is 292 g/mol. The van der Waals surface area contributed by atoms with Gasteiger partial charge in [-0.3, -0.25) is 4.79 Å². The zero-order chi connectivity index (χ0) is 16.0. The van der Waals surface area contributed by atoms with Crippen molar-refractivity contribution >= 4 is 11.9 Å². The average Bonchev–Trinajstić information content (AvgIpc) is 2.35. The predicted octanol–water partition coefficient (Wildman–Crippen LogP) is 0.928. The molecule has 0 aromatic heterocycles. The number of ether oxygens (including phenoxy) is 1. The Morgan fingerprint density at radius 2 is 1.95 bits per heavy atom. The van der Waals surface area contributed by atoms with Gasteiger partial charge in [0.2, 0.25) is 0 Å². The second kappa shape index (κ2) is 7.11. The fourth-order valence-corrected chi connectivity index (χ4v) is 1.85. The van der Waals surface area contributed by atoms with Crippen molar-refractivity contribution in [2.24, 2.45) is 0 Å². The highest BCUT2D eigenvalue weighted by Gasteiger charge is 2.19. The first-order chi connectivity index (χ1) is 9.70. The van der Waals surface area contributed by atoms with E-state index in [4.69, 9.17) is 4.74 Å². The van der Waals surface area contributed by atoms with Gasteiger partial charge in [-0.1, -0.05) is 38.5 Å². The van der Waals surface area contributed by atoms with Crippen molar-refractivity contribution in [3.63, 3.8) is 0 Å². The summed E-state index contributed by atoms with van der Waals surface area (Å²) in [5.41, 5.74) is 2.07. The third-order valence-electron chi connectivity index (χ3n) is 2.95. The normalized spacial score (nSPS) is 11.0. The van der Waals surface area contributed by atoms with Crippen LogP contribution in [0.3, 0.4) is 0 Å². The summed E-state index contributed by atoms with van der Waals surface area (Å²) in [6.07, 6.45) is -0.205. The van der Waals surface area contributed by atoms with Gasteiger partial charge in [0.05, 0.1) is 0 Å². The lowest BCUT2D eigenvalue weighted by Crippen LogP contribution is -2.33. The molecule has 21 heavy (non-hydrogen) atoms. The van der Waals surface area contributed by atoms with E-state index in [1.54, 1.807) is 0 Å². The van der Waals surface area contributed by atoms with Crippen LogP contribution in [0.25, 0.3) is 0 Å². The highest BCUT2D eigenvalue weighted by molar-refractivity contribution is 5.78. The molecule has 0 fully saturated rings. The number of carboxylic acids is 1. The van der Waals surface area contributed by atoms with Crippen LogP contribution in [0.4, 0.5) is 0 Å². The van der Waals surface area contributed by atoms with Crippen LogP contribution in [0, 0.1) is 6.92 Å². The highest BCUT2D eigenvalue weighted by Crippen LogP contribution is 2.32. The fraction of sp³-hybridized carbons (Fsp3) is 0.500. The van der Waals surface area contributed by atoms with Crippen LogP contribution in [0.1, 0.15) is 38.3 Å². The minimum absolute atomic E-state index is 0.0462. The van der Waals surface area contributed by atoms with E-state index in [0.717, 1.165) is 11.1 Å². The predicted molar refractivity (Wildman–Crippen MR) is 78.0 cm³/mol. The molecule has 0 aliphatic rings. The number of aliphatic carboxylic acids is 1. The molecule has 0 radical (unpaired) electrons. The first kappa shape index (κ1) is 17.0. The number of carbonyl (C=O) groups is 2. The van der Waals surface area contributed by atoms with Crippen molar-refractivity contribution in [2.75, 3.05) is 13.2 Å². The molecule has 0 bridgehead atoms. The van der Waals surface area contributed by atoms with Crippen LogP contribution in [-0.4, -0.2) is 25.0 Å². The van der Waals surface area contributed by atoms with Gasteiger partial charge < -0.3 is 20.0 Å². The Labute approximate surface area is 125 Å². The number of rotatable bonds is 6. The maximum Gasteiger partial charge on any atom is 0.257 e. The third-order valence-corrected chi connectivity index (χ3v) is 2.95. The molecule has 1 rings (SSSR count). The molecule has 0 unspecified atom stereocenters. The Kier molecular flexibility index (Phi) is 5.76. The lowest BCUT2D eigenvalue weighted by atomic mass is 9.85. The van der Waals surface area contributed by atoms with E-state index in [0.29, 0.717) is 5.75 Å². The van der Waals surface area contributed by atoms with Crippen molar-refractivity contribution in [3.05, 3.63) is 29.3 Å². The Morgan fingerprint density at radius 1 is 1.29 bits per heavy atom. The quantitative estimate of drug-likeness (QED) is 0.846. The number of amides is 1. The van der Waals surface area contributed by atoms with E-state index >= 15 is 0 Å². The maximum atomic E-state index is 11.6. The molecule has 116 valence electrons. The van der Waals surface area contributed by atoms with Gasteiger partial charge >= 0.3 is 0 Å². The zero-order valence-corrected chi connectivity index (χ0v) is 13.0. The molecular formula is C16H22NO4-. The number of benzene rings is 1. The summed E-state index contributed by atoms with van der Waals surface area (Å²) in [4.78, 5) is 21.8. The number of carbonyl (C=O) groups excluding carboxylic acids is 2. The number of carboxylic acid groups (broad SMARTS) is 1. The van der Waals surface area contributed by atoms with Gasteiger partial charge in [-0.2, -0.15) is 0 Å². The van der Waals surface area contributed by atoms with Crippen molar-refractivity contribution < 1.29 is 19.4 Å². The van der Waals surface area contributed by atoms with Crippen molar-refractivity contribution in [1.82, 2.24) is 5.32 Å². The zero-order valence-electron chi connectivity index (χ0n) is 13.0. The Morgan fingerprint density at radius 3 is 2.52 bits per heavy atom. The topological polar surface area (TPSA) is 78.5 Å². The molecule has 1 aromatic rings.